The normalized spacial score (nSPS) is 16.7. The standard InChI is InChI=1S/C17H23N3O2.ClH/c18-11-15(12-6-2-1-3-7-12)19-17(21)10-14-13-8-4-5-9-16(13)22-20-14;/h4-5,8-9,12,15H,1-3,6-7,10-11,18H2,(H,19,21);1H. The molecule has 0 radical (unpaired) electrons. The van der Waals surface area contributed by atoms with Gasteiger partial charge in [0.1, 0.15) is 5.69 Å². The Labute approximate surface area is 142 Å². The summed E-state index contributed by atoms with van der Waals surface area (Å²) >= 11 is 0. The van der Waals surface area contributed by atoms with Crippen molar-refractivity contribution >= 4 is 29.3 Å². The number of nitrogens with two attached hydrogens (primary N) is 1. The van der Waals surface area contributed by atoms with E-state index in [9.17, 15) is 4.79 Å². The van der Waals surface area contributed by atoms with Gasteiger partial charge in [0.05, 0.1) is 6.42 Å². The van der Waals surface area contributed by atoms with Gasteiger partial charge in [-0.05, 0) is 30.9 Å². The van der Waals surface area contributed by atoms with Crippen LogP contribution >= 0.6 is 12.4 Å². The lowest BCUT2D eigenvalue weighted by atomic mass is 9.84. The van der Waals surface area contributed by atoms with Gasteiger partial charge in [-0.2, -0.15) is 0 Å². The van der Waals surface area contributed by atoms with E-state index in [2.05, 4.69) is 10.5 Å². The summed E-state index contributed by atoms with van der Waals surface area (Å²) < 4.78 is 5.24. The molecule has 1 aliphatic rings. The number of amides is 1. The predicted molar refractivity (Wildman–Crippen MR) is 92.5 cm³/mol. The summed E-state index contributed by atoms with van der Waals surface area (Å²) in [5.74, 6) is 0.483. The summed E-state index contributed by atoms with van der Waals surface area (Å²) in [6.07, 6.45) is 6.34. The van der Waals surface area contributed by atoms with E-state index < -0.39 is 0 Å². The van der Waals surface area contributed by atoms with Crippen molar-refractivity contribution in [3.05, 3.63) is 30.0 Å². The molecule has 3 rings (SSSR count). The molecule has 6 heteroatoms. The van der Waals surface area contributed by atoms with Gasteiger partial charge in [-0.3, -0.25) is 4.79 Å². The van der Waals surface area contributed by atoms with E-state index in [-0.39, 0.29) is 30.8 Å². The largest absolute Gasteiger partial charge is 0.356 e. The Hall–Kier alpha value is -1.59. The maximum Gasteiger partial charge on any atom is 0.226 e. The molecule has 0 bridgehead atoms. The van der Waals surface area contributed by atoms with Crippen LogP contribution in [-0.4, -0.2) is 23.7 Å². The Kier molecular flexibility index (Phi) is 6.42. The molecule has 1 saturated carbocycles. The summed E-state index contributed by atoms with van der Waals surface area (Å²) in [6, 6.07) is 7.67. The van der Waals surface area contributed by atoms with Crippen LogP contribution in [0.5, 0.6) is 0 Å². The Morgan fingerprint density at radius 1 is 1.30 bits per heavy atom. The van der Waals surface area contributed by atoms with E-state index in [0.29, 0.717) is 23.7 Å². The van der Waals surface area contributed by atoms with Gasteiger partial charge in [-0.25, -0.2) is 0 Å². The van der Waals surface area contributed by atoms with Crippen LogP contribution in [0.15, 0.2) is 28.8 Å². The average Bonchev–Trinajstić information content (AvgIpc) is 2.96. The lowest BCUT2D eigenvalue weighted by molar-refractivity contribution is -0.121. The quantitative estimate of drug-likeness (QED) is 0.879. The summed E-state index contributed by atoms with van der Waals surface area (Å²) in [6.45, 7) is 0.496. The second kappa shape index (κ2) is 8.31. The first-order valence-corrected chi connectivity index (χ1v) is 8.10. The van der Waals surface area contributed by atoms with Crippen LogP contribution in [0.3, 0.4) is 0 Å². The second-order valence-electron chi connectivity index (χ2n) is 6.11. The number of aromatic nitrogens is 1. The van der Waals surface area contributed by atoms with Gasteiger partial charge in [0.25, 0.3) is 0 Å². The fraction of sp³-hybridized carbons (Fsp3) is 0.529. The predicted octanol–water partition coefficient (Wildman–Crippen LogP) is 2.82. The average molecular weight is 338 g/mol. The second-order valence-corrected chi connectivity index (χ2v) is 6.11. The van der Waals surface area contributed by atoms with Crippen molar-refractivity contribution in [1.29, 1.82) is 0 Å². The van der Waals surface area contributed by atoms with Gasteiger partial charge in [-0.15, -0.1) is 12.4 Å². The zero-order valence-electron chi connectivity index (χ0n) is 13.2. The smallest absolute Gasteiger partial charge is 0.226 e. The van der Waals surface area contributed by atoms with E-state index in [1.807, 2.05) is 24.3 Å². The molecule has 0 spiro atoms. The first-order chi connectivity index (χ1) is 10.8. The van der Waals surface area contributed by atoms with Crippen LogP contribution in [0.25, 0.3) is 11.0 Å². The lowest BCUT2D eigenvalue weighted by Gasteiger charge is -2.30. The van der Waals surface area contributed by atoms with E-state index in [1.165, 1.54) is 19.3 Å². The van der Waals surface area contributed by atoms with Crippen molar-refractivity contribution in [3.63, 3.8) is 0 Å². The van der Waals surface area contributed by atoms with Crippen molar-refractivity contribution in [2.45, 2.75) is 44.6 Å². The summed E-state index contributed by atoms with van der Waals surface area (Å²) in [5, 5.41) is 8.01. The van der Waals surface area contributed by atoms with Crippen molar-refractivity contribution in [2.24, 2.45) is 11.7 Å². The number of rotatable bonds is 5. The number of benzene rings is 1. The molecule has 1 aliphatic carbocycles. The minimum atomic E-state index is -0.0277. The van der Waals surface area contributed by atoms with Crippen LogP contribution in [0, 0.1) is 5.92 Å². The Morgan fingerprint density at radius 2 is 2.04 bits per heavy atom. The number of fused-ring (bicyclic) bond motifs is 1. The molecule has 1 unspecified atom stereocenters. The molecule has 126 valence electrons. The van der Waals surface area contributed by atoms with Crippen molar-refractivity contribution in [3.8, 4) is 0 Å². The number of hydrogen-bond acceptors (Lipinski definition) is 4. The van der Waals surface area contributed by atoms with Crippen molar-refractivity contribution < 1.29 is 9.32 Å². The number of hydrogen-bond donors (Lipinski definition) is 2. The molecular formula is C17H24ClN3O2. The Morgan fingerprint density at radius 3 is 2.78 bits per heavy atom. The molecule has 1 heterocycles. The monoisotopic (exact) mass is 337 g/mol. The highest BCUT2D eigenvalue weighted by Gasteiger charge is 2.24. The Balaban J connectivity index is 0.00000192. The van der Waals surface area contributed by atoms with Gasteiger partial charge < -0.3 is 15.6 Å². The van der Waals surface area contributed by atoms with E-state index in [1.54, 1.807) is 0 Å². The fourth-order valence-electron chi connectivity index (χ4n) is 3.38. The highest BCUT2D eigenvalue weighted by Crippen LogP contribution is 2.26. The number of carbonyl (C=O) groups is 1. The maximum absolute atomic E-state index is 12.3. The molecule has 3 N–H and O–H groups in total. The van der Waals surface area contributed by atoms with Gasteiger partial charge in [0.15, 0.2) is 5.58 Å². The third-order valence-electron chi connectivity index (χ3n) is 4.60. The molecule has 23 heavy (non-hydrogen) atoms. The zero-order valence-corrected chi connectivity index (χ0v) is 14.0. The molecule has 0 aliphatic heterocycles. The molecular weight excluding hydrogens is 314 g/mol. The van der Waals surface area contributed by atoms with Gasteiger partial charge in [0, 0.05) is 18.0 Å². The molecule has 0 saturated heterocycles. The van der Waals surface area contributed by atoms with E-state index >= 15 is 0 Å². The minimum Gasteiger partial charge on any atom is -0.356 e. The maximum atomic E-state index is 12.3. The van der Waals surface area contributed by atoms with Crippen molar-refractivity contribution in [1.82, 2.24) is 10.5 Å². The van der Waals surface area contributed by atoms with Crippen LogP contribution in [0.2, 0.25) is 0 Å². The highest BCUT2D eigenvalue weighted by atomic mass is 35.5. The molecule has 1 amide bonds. The van der Waals surface area contributed by atoms with E-state index in [4.69, 9.17) is 10.3 Å². The number of nitrogens with zero attached hydrogens (tertiary/aromatic N) is 1. The number of halogens is 1. The topological polar surface area (TPSA) is 81.1 Å². The summed E-state index contributed by atoms with van der Waals surface area (Å²) in [4.78, 5) is 12.3. The van der Waals surface area contributed by atoms with Crippen LogP contribution in [0.4, 0.5) is 0 Å². The fourth-order valence-corrected chi connectivity index (χ4v) is 3.38. The number of para-hydroxylation sites is 1. The number of nitrogens with one attached hydrogen (secondary N) is 1. The molecule has 1 aromatic heterocycles. The molecule has 5 nitrogen and oxygen atoms in total. The first kappa shape index (κ1) is 17.8. The molecule has 1 fully saturated rings. The number of carbonyl (C=O) groups excluding carboxylic acids is 1. The Bertz CT molecular complexity index is 638. The summed E-state index contributed by atoms with van der Waals surface area (Å²) in [7, 11) is 0. The van der Waals surface area contributed by atoms with Crippen LogP contribution in [-0.2, 0) is 11.2 Å². The summed E-state index contributed by atoms with van der Waals surface area (Å²) in [5.41, 5.74) is 7.27. The van der Waals surface area contributed by atoms with Crippen LogP contribution < -0.4 is 11.1 Å². The third-order valence-corrected chi connectivity index (χ3v) is 4.60. The molecule has 2 aromatic rings. The minimum absolute atomic E-state index is 0. The molecule has 1 atom stereocenters. The highest BCUT2D eigenvalue weighted by molar-refractivity contribution is 5.86. The third kappa shape index (κ3) is 4.24. The van der Waals surface area contributed by atoms with Gasteiger partial charge in [0.2, 0.25) is 5.91 Å². The first-order valence-electron chi connectivity index (χ1n) is 8.10. The zero-order chi connectivity index (χ0) is 15.4. The van der Waals surface area contributed by atoms with Gasteiger partial charge in [-0.1, -0.05) is 36.6 Å². The van der Waals surface area contributed by atoms with Gasteiger partial charge >= 0.3 is 0 Å². The lowest BCUT2D eigenvalue weighted by Crippen LogP contribution is -2.46. The van der Waals surface area contributed by atoms with Crippen LogP contribution in [0.1, 0.15) is 37.8 Å². The SMILES string of the molecule is Cl.NCC(NC(=O)Cc1noc2ccccc12)C1CCCCC1. The van der Waals surface area contributed by atoms with E-state index in [0.717, 1.165) is 18.2 Å². The molecule has 1 aromatic carbocycles. The van der Waals surface area contributed by atoms with Crippen molar-refractivity contribution in [2.75, 3.05) is 6.54 Å².